The van der Waals surface area contributed by atoms with Crippen molar-refractivity contribution in [2.75, 3.05) is 12.5 Å². The maximum Gasteiger partial charge on any atom is 0.337 e. The number of carboxylic acid groups (broad SMARTS) is 1. The first kappa shape index (κ1) is 16.6. The maximum absolute atomic E-state index is 11.1. The summed E-state index contributed by atoms with van der Waals surface area (Å²) < 4.78 is 5.11. The lowest BCUT2D eigenvalue weighted by Crippen LogP contribution is -2.02. The molecule has 6 nitrogen and oxygen atoms in total. The summed E-state index contributed by atoms with van der Waals surface area (Å²) in [6.45, 7) is 1.70. The molecule has 2 aromatic rings. The van der Waals surface area contributed by atoms with Crippen LogP contribution in [0.2, 0.25) is 5.02 Å². The average Bonchev–Trinajstić information content (AvgIpc) is 2.54. The number of nitrogens with zero attached hydrogens (tertiary/aromatic N) is 1. The van der Waals surface area contributed by atoms with Gasteiger partial charge < -0.3 is 14.9 Å². The van der Waals surface area contributed by atoms with Crippen LogP contribution < -0.4 is 10.2 Å². The van der Waals surface area contributed by atoms with E-state index in [0.29, 0.717) is 22.7 Å². The molecule has 0 aromatic heterocycles. The van der Waals surface area contributed by atoms with Crippen molar-refractivity contribution >= 4 is 29.0 Å². The molecule has 2 aromatic carbocycles. The van der Waals surface area contributed by atoms with E-state index in [0.717, 1.165) is 0 Å². The van der Waals surface area contributed by atoms with Gasteiger partial charge in [0.15, 0.2) is 0 Å². The normalized spacial score (nSPS) is 11.2. The van der Waals surface area contributed by atoms with Crippen LogP contribution in [0.1, 0.15) is 22.8 Å². The molecule has 2 rings (SSSR count). The third-order valence-corrected chi connectivity index (χ3v) is 3.47. The molecule has 0 radical (unpaired) electrons. The molecule has 0 spiro atoms. The number of rotatable bonds is 5. The molecule has 0 aliphatic rings. The Kier molecular flexibility index (Phi) is 5.08. The number of hydrogen-bond donors (Lipinski definition) is 3. The largest absolute Gasteiger partial charge is 0.507 e. The van der Waals surface area contributed by atoms with E-state index in [1.165, 1.54) is 25.3 Å². The molecule has 120 valence electrons. The van der Waals surface area contributed by atoms with E-state index in [1.807, 2.05) is 0 Å². The van der Waals surface area contributed by atoms with Gasteiger partial charge in [0.05, 0.1) is 29.1 Å². The first-order chi connectivity index (χ1) is 10.9. The summed E-state index contributed by atoms with van der Waals surface area (Å²) >= 11 is 5.81. The van der Waals surface area contributed by atoms with Crippen LogP contribution in [-0.2, 0) is 0 Å². The van der Waals surface area contributed by atoms with E-state index in [9.17, 15) is 9.90 Å². The standard InChI is InChI=1S/C16H15ClN2O4/c1-9(12-8-11(23-2)4-6-15(12)20)18-19-10-3-5-14(17)13(7-10)16(21)22/h3-8,19-20H,1-2H3,(H,21,22)/b18-9+. The SMILES string of the molecule is COc1ccc(O)c(/C(C)=N/Nc2ccc(Cl)c(C(=O)O)c2)c1. The Morgan fingerprint density at radius 3 is 2.61 bits per heavy atom. The summed E-state index contributed by atoms with van der Waals surface area (Å²) in [6.07, 6.45) is 0. The highest BCUT2D eigenvalue weighted by Crippen LogP contribution is 2.24. The van der Waals surface area contributed by atoms with Crippen molar-refractivity contribution in [2.24, 2.45) is 5.10 Å². The Morgan fingerprint density at radius 2 is 1.96 bits per heavy atom. The van der Waals surface area contributed by atoms with Crippen molar-refractivity contribution < 1.29 is 19.7 Å². The minimum Gasteiger partial charge on any atom is -0.507 e. The Morgan fingerprint density at radius 1 is 1.22 bits per heavy atom. The van der Waals surface area contributed by atoms with Crippen LogP contribution in [0.5, 0.6) is 11.5 Å². The van der Waals surface area contributed by atoms with Crippen LogP contribution in [-0.4, -0.2) is 29.0 Å². The number of halogens is 1. The number of benzene rings is 2. The van der Waals surface area contributed by atoms with Gasteiger partial charge in [0, 0.05) is 5.56 Å². The smallest absolute Gasteiger partial charge is 0.337 e. The van der Waals surface area contributed by atoms with Crippen LogP contribution >= 0.6 is 11.6 Å². The number of methoxy groups -OCH3 is 1. The van der Waals surface area contributed by atoms with Crippen molar-refractivity contribution in [1.29, 1.82) is 0 Å². The van der Waals surface area contributed by atoms with Crippen LogP contribution in [0.25, 0.3) is 0 Å². The van der Waals surface area contributed by atoms with Gasteiger partial charge in [0.1, 0.15) is 11.5 Å². The number of hydrogen-bond acceptors (Lipinski definition) is 5. The fourth-order valence-electron chi connectivity index (χ4n) is 1.90. The number of hydrazone groups is 1. The number of phenolic OH excluding ortho intramolecular Hbond substituents is 1. The molecular formula is C16H15ClN2O4. The van der Waals surface area contributed by atoms with Gasteiger partial charge in [-0.1, -0.05) is 11.6 Å². The van der Waals surface area contributed by atoms with Crippen molar-refractivity contribution in [3.05, 3.63) is 52.5 Å². The number of carboxylic acids is 1. The third kappa shape index (κ3) is 3.92. The quantitative estimate of drug-likeness (QED) is 0.574. The third-order valence-electron chi connectivity index (χ3n) is 3.14. The van der Waals surface area contributed by atoms with Crippen LogP contribution in [0, 0.1) is 0 Å². The second kappa shape index (κ2) is 7.02. The molecule has 0 atom stereocenters. The maximum atomic E-state index is 11.1. The van der Waals surface area contributed by atoms with Crippen molar-refractivity contribution in [1.82, 2.24) is 0 Å². The molecule has 0 saturated heterocycles. The minimum absolute atomic E-state index is 0.0197. The number of aromatic carboxylic acids is 1. The first-order valence-corrected chi connectivity index (χ1v) is 7.00. The van der Waals surface area contributed by atoms with Crippen molar-refractivity contribution in [2.45, 2.75) is 6.92 Å². The fourth-order valence-corrected chi connectivity index (χ4v) is 2.10. The van der Waals surface area contributed by atoms with E-state index in [-0.39, 0.29) is 16.3 Å². The van der Waals surface area contributed by atoms with E-state index in [4.69, 9.17) is 21.4 Å². The Hall–Kier alpha value is -2.73. The highest BCUT2D eigenvalue weighted by atomic mass is 35.5. The molecule has 0 aliphatic carbocycles. The number of anilines is 1. The van der Waals surface area contributed by atoms with E-state index in [2.05, 4.69) is 10.5 Å². The number of carbonyl (C=O) groups is 1. The van der Waals surface area contributed by atoms with Crippen molar-refractivity contribution in [3.63, 3.8) is 0 Å². The zero-order valence-electron chi connectivity index (χ0n) is 12.5. The molecule has 0 amide bonds. The Bertz CT molecular complexity index is 775. The number of ether oxygens (including phenoxy) is 1. The Labute approximate surface area is 138 Å². The lowest BCUT2D eigenvalue weighted by Gasteiger charge is -2.08. The van der Waals surface area contributed by atoms with Gasteiger partial charge >= 0.3 is 5.97 Å². The van der Waals surface area contributed by atoms with Gasteiger partial charge in [-0.25, -0.2) is 4.79 Å². The average molecular weight is 335 g/mol. The molecule has 0 saturated carbocycles. The predicted molar refractivity (Wildman–Crippen MR) is 88.9 cm³/mol. The Balaban J connectivity index is 2.26. The highest BCUT2D eigenvalue weighted by molar-refractivity contribution is 6.33. The summed E-state index contributed by atoms with van der Waals surface area (Å²) in [5.74, 6) is -0.465. The molecule has 0 bridgehead atoms. The first-order valence-electron chi connectivity index (χ1n) is 6.63. The van der Waals surface area contributed by atoms with Gasteiger partial charge in [-0.2, -0.15) is 5.10 Å². The molecule has 23 heavy (non-hydrogen) atoms. The summed E-state index contributed by atoms with van der Waals surface area (Å²) in [6, 6.07) is 9.27. The number of nitrogens with one attached hydrogen (secondary N) is 1. The summed E-state index contributed by atoms with van der Waals surface area (Å²) in [5.41, 5.74) is 4.20. The van der Waals surface area contributed by atoms with Gasteiger partial charge in [0.25, 0.3) is 0 Å². The zero-order chi connectivity index (χ0) is 17.0. The second-order valence-electron chi connectivity index (χ2n) is 4.69. The predicted octanol–water partition coefficient (Wildman–Crippen LogP) is 3.59. The van der Waals surface area contributed by atoms with Gasteiger partial charge in [0.2, 0.25) is 0 Å². The molecule has 0 heterocycles. The minimum atomic E-state index is -1.12. The van der Waals surface area contributed by atoms with Gasteiger partial charge in [-0.15, -0.1) is 0 Å². The van der Waals surface area contributed by atoms with Crippen LogP contribution in [0.4, 0.5) is 5.69 Å². The van der Waals surface area contributed by atoms with Gasteiger partial charge in [-0.3, -0.25) is 5.43 Å². The highest BCUT2D eigenvalue weighted by Gasteiger charge is 2.10. The summed E-state index contributed by atoms with van der Waals surface area (Å²) in [5, 5.41) is 23.2. The molecule has 7 heteroatoms. The van der Waals surface area contributed by atoms with Crippen LogP contribution in [0.3, 0.4) is 0 Å². The monoisotopic (exact) mass is 334 g/mol. The topological polar surface area (TPSA) is 91.2 Å². The molecule has 3 N–H and O–H groups in total. The molecule has 0 aliphatic heterocycles. The molecule has 0 unspecified atom stereocenters. The summed E-state index contributed by atoms with van der Waals surface area (Å²) in [4.78, 5) is 11.1. The van der Waals surface area contributed by atoms with Crippen molar-refractivity contribution in [3.8, 4) is 11.5 Å². The van der Waals surface area contributed by atoms with Gasteiger partial charge in [-0.05, 0) is 43.3 Å². The second-order valence-corrected chi connectivity index (χ2v) is 5.10. The van der Waals surface area contributed by atoms with E-state index in [1.54, 1.807) is 25.1 Å². The fraction of sp³-hybridized carbons (Fsp3) is 0.125. The van der Waals surface area contributed by atoms with E-state index < -0.39 is 5.97 Å². The zero-order valence-corrected chi connectivity index (χ0v) is 13.3. The molecular weight excluding hydrogens is 320 g/mol. The number of phenols is 1. The lowest BCUT2D eigenvalue weighted by molar-refractivity contribution is 0.0697. The number of aromatic hydroxyl groups is 1. The van der Waals surface area contributed by atoms with E-state index >= 15 is 0 Å². The lowest BCUT2D eigenvalue weighted by atomic mass is 10.1. The molecule has 0 fully saturated rings. The summed E-state index contributed by atoms with van der Waals surface area (Å²) in [7, 11) is 1.53. The van der Waals surface area contributed by atoms with Crippen LogP contribution in [0.15, 0.2) is 41.5 Å².